The minimum absolute atomic E-state index is 0.620. The first-order valence-corrected chi connectivity index (χ1v) is 6.88. The molecule has 1 aliphatic rings. The molecule has 0 atom stereocenters. The molecule has 84 valence electrons. The lowest BCUT2D eigenvalue weighted by Crippen LogP contribution is -2.10. The van der Waals surface area contributed by atoms with E-state index in [1.807, 2.05) is 6.26 Å². The summed E-state index contributed by atoms with van der Waals surface area (Å²) in [7, 11) is 0. The lowest BCUT2D eigenvalue weighted by Gasteiger charge is -2.15. The molecule has 0 saturated carbocycles. The molecule has 0 spiro atoms. The van der Waals surface area contributed by atoms with E-state index in [1.165, 1.54) is 24.6 Å². The Morgan fingerprint density at radius 3 is 2.88 bits per heavy atom. The number of hydrogen-bond acceptors (Lipinski definition) is 4. The van der Waals surface area contributed by atoms with Crippen molar-refractivity contribution in [3.05, 3.63) is 16.4 Å². The summed E-state index contributed by atoms with van der Waals surface area (Å²) < 4.78 is 1.65. The van der Waals surface area contributed by atoms with Gasteiger partial charge in [-0.3, -0.25) is 0 Å². The Bertz CT molecular complexity index is 551. The molecule has 0 amide bonds. The Morgan fingerprint density at radius 1 is 1.25 bits per heavy atom. The zero-order valence-corrected chi connectivity index (χ0v) is 10.5. The van der Waals surface area contributed by atoms with E-state index in [1.54, 1.807) is 4.52 Å². The zero-order valence-electron chi connectivity index (χ0n) is 8.90. The number of aryl methyl sites for hydroxylation is 1. The Morgan fingerprint density at radius 2 is 2.06 bits per heavy atom. The van der Waals surface area contributed by atoms with Crippen LogP contribution in [0.3, 0.4) is 0 Å². The van der Waals surface area contributed by atoms with Gasteiger partial charge in [0.15, 0.2) is 0 Å². The summed E-state index contributed by atoms with van der Waals surface area (Å²) in [5.41, 5.74) is 2.25. The van der Waals surface area contributed by atoms with Gasteiger partial charge in [0.2, 0.25) is 5.16 Å². The summed E-state index contributed by atoms with van der Waals surface area (Å²) in [5.74, 6) is 0.620. The second-order valence-electron chi connectivity index (χ2n) is 3.85. The summed E-state index contributed by atoms with van der Waals surface area (Å²) in [5, 5.41) is 5.72. The molecule has 2 aromatic heterocycles. The van der Waals surface area contributed by atoms with Gasteiger partial charge in [-0.25, -0.2) is 4.98 Å². The number of nitrogens with zero attached hydrogens (tertiary/aromatic N) is 4. The number of fused-ring (bicyclic) bond motifs is 2. The van der Waals surface area contributed by atoms with Gasteiger partial charge in [0, 0.05) is 5.56 Å². The molecule has 3 rings (SSSR count). The molecule has 0 radical (unpaired) electrons. The highest BCUT2D eigenvalue weighted by molar-refractivity contribution is 7.98. The fraction of sp³-hybridized carbons (Fsp3) is 0.500. The highest BCUT2D eigenvalue weighted by Crippen LogP contribution is 2.27. The highest BCUT2D eigenvalue weighted by atomic mass is 35.5. The summed E-state index contributed by atoms with van der Waals surface area (Å²) >= 11 is 7.85. The van der Waals surface area contributed by atoms with Crippen LogP contribution in [-0.2, 0) is 12.8 Å². The van der Waals surface area contributed by atoms with Gasteiger partial charge >= 0.3 is 0 Å². The third-order valence-corrected chi connectivity index (χ3v) is 3.79. The predicted molar refractivity (Wildman–Crippen MR) is 64.2 cm³/mol. The maximum atomic E-state index is 6.34. The number of thioether (sulfide) groups is 1. The number of rotatable bonds is 1. The fourth-order valence-electron chi connectivity index (χ4n) is 2.06. The summed E-state index contributed by atoms with van der Waals surface area (Å²) in [6, 6.07) is 0. The van der Waals surface area contributed by atoms with E-state index in [0.717, 1.165) is 29.3 Å². The second kappa shape index (κ2) is 3.89. The molecular formula is C10H11ClN4S. The minimum Gasteiger partial charge on any atom is -0.216 e. The number of halogens is 1. The first-order chi connectivity index (χ1) is 7.79. The van der Waals surface area contributed by atoms with Gasteiger partial charge < -0.3 is 0 Å². The standard InChI is InChI=1S/C10H11ClN4S/c1-16-10-13-9-12-7-5-3-2-4-6(7)8(11)15(9)14-10/h2-5H2,1H3. The van der Waals surface area contributed by atoms with Crippen molar-refractivity contribution in [2.45, 2.75) is 30.8 Å². The maximum Gasteiger partial charge on any atom is 0.254 e. The van der Waals surface area contributed by atoms with E-state index in [0.29, 0.717) is 10.9 Å². The van der Waals surface area contributed by atoms with Crippen molar-refractivity contribution in [1.82, 2.24) is 19.6 Å². The minimum atomic E-state index is 0.620. The van der Waals surface area contributed by atoms with Crippen LogP contribution < -0.4 is 0 Å². The van der Waals surface area contributed by atoms with E-state index in [9.17, 15) is 0 Å². The van der Waals surface area contributed by atoms with Crippen LogP contribution in [0, 0.1) is 0 Å². The van der Waals surface area contributed by atoms with Gasteiger partial charge in [-0.2, -0.15) is 9.50 Å². The van der Waals surface area contributed by atoms with Gasteiger partial charge in [-0.1, -0.05) is 23.4 Å². The van der Waals surface area contributed by atoms with Crippen LogP contribution in [0.1, 0.15) is 24.1 Å². The number of aromatic nitrogens is 4. The van der Waals surface area contributed by atoms with Crippen molar-refractivity contribution in [2.75, 3.05) is 6.26 Å². The van der Waals surface area contributed by atoms with Crippen LogP contribution in [0.15, 0.2) is 5.16 Å². The van der Waals surface area contributed by atoms with Gasteiger partial charge in [-0.15, -0.1) is 5.10 Å². The smallest absolute Gasteiger partial charge is 0.216 e. The third-order valence-electron chi connectivity index (χ3n) is 2.86. The van der Waals surface area contributed by atoms with Crippen molar-refractivity contribution in [3.8, 4) is 0 Å². The van der Waals surface area contributed by atoms with Crippen molar-refractivity contribution < 1.29 is 0 Å². The Hall–Kier alpha value is -0.810. The quantitative estimate of drug-likeness (QED) is 0.579. The first-order valence-electron chi connectivity index (χ1n) is 5.27. The van der Waals surface area contributed by atoms with Crippen LogP contribution in [-0.4, -0.2) is 25.8 Å². The van der Waals surface area contributed by atoms with E-state index in [2.05, 4.69) is 15.1 Å². The topological polar surface area (TPSA) is 43.1 Å². The average Bonchev–Trinajstić information content (AvgIpc) is 2.73. The van der Waals surface area contributed by atoms with Crippen molar-refractivity contribution >= 4 is 29.1 Å². The zero-order chi connectivity index (χ0) is 11.1. The molecule has 0 fully saturated rings. The molecule has 0 bridgehead atoms. The van der Waals surface area contributed by atoms with Crippen LogP contribution in [0.4, 0.5) is 0 Å². The van der Waals surface area contributed by atoms with Crippen LogP contribution in [0.2, 0.25) is 5.15 Å². The molecule has 2 heterocycles. The number of hydrogen-bond donors (Lipinski definition) is 0. The maximum absolute atomic E-state index is 6.34. The molecule has 2 aromatic rings. The molecule has 16 heavy (non-hydrogen) atoms. The van der Waals surface area contributed by atoms with Crippen molar-refractivity contribution in [3.63, 3.8) is 0 Å². The third kappa shape index (κ3) is 1.50. The second-order valence-corrected chi connectivity index (χ2v) is 4.98. The Kier molecular flexibility index (Phi) is 2.52. The van der Waals surface area contributed by atoms with Gasteiger partial charge in [0.25, 0.3) is 5.78 Å². The molecule has 1 aliphatic carbocycles. The van der Waals surface area contributed by atoms with Gasteiger partial charge in [-0.05, 0) is 31.9 Å². The summed E-state index contributed by atoms with van der Waals surface area (Å²) in [6.07, 6.45) is 6.33. The van der Waals surface area contributed by atoms with Gasteiger partial charge in [0.1, 0.15) is 5.15 Å². The predicted octanol–water partition coefficient (Wildman–Crippen LogP) is 2.38. The SMILES string of the molecule is CSc1nc2nc3c(c(Cl)n2n1)CCCC3. The summed E-state index contributed by atoms with van der Waals surface area (Å²) in [4.78, 5) is 8.86. The van der Waals surface area contributed by atoms with Gasteiger partial charge in [0.05, 0.1) is 5.69 Å². The first kappa shape index (κ1) is 10.4. The van der Waals surface area contributed by atoms with E-state index < -0.39 is 0 Å². The Labute approximate surface area is 102 Å². The molecule has 0 aromatic carbocycles. The van der Waals surface area contributed by atoms with Crippen LogP contribution >= 0.6 is 23.4 Å². The molecule has 0 saturated heterocycles. The molecule has 4 nitrogen and oxygen atoms in total. The molecule has 0 aliphatic heterocycles. The van der Waals surface area contributed by atoms with Crippen LogP contribution in [0.5, 0.6) is 0 Å². The normalized spacial score (nSPS) is 15.4. The van der Waals surface area contributed by atoms with Crippen molar-refractivity contribution in [1.29, 1.82) is 0 Å². The van der Waals surface area contributed by atoms with E-state index in [-0.39, 0.29) is 0 Å². The van der Waals surface area contributed by atoms with E-state index in [4.69, 9.17) is 11.6 Å². The molecular weight excluding hydrogens is 244 g/mol. The average molecular weight is 255 g/mol. The Balaban J connectivity index is 2.28. The monoisotopic (exact) mass is 254 g/mol. The molecule has 6 heteroatoms. The summed E-state index contributed by atoms with van der Waals surface area (Å²) in [6.45, 7) is 0. The fourth-order valence-corrected chi connectivity index (χ4v) is 2.71. The lowest BCUT2D eigenvalue weighted by molar-refractivity contribution is 0.659. The highest BCUT2D eigenvalue weighted by Gasteiger charge is 2.19. The molecule has 0 unspecified atom stereocenters. The lowest BCUT2D eigenvalue weighted by atomic mass is 9.97. The largest absolute Gasteiger partial charge is 0.254 e. The molecule has 0 N–H and O–H groups in total. The van der Waals surface area contributed by atoms with E-state index >= 15 is 0 Å². The van der Waals surface area contributed by atoms with Crippen molar-refractivity contribution in [2.24, 2.45) is 0 Å². The van der Waals surface area contributed by atoms with Crippen LogP contribution in [0.25, 0.3) is 5.78 Å².